The largest absolute Gasteiger partial charge is 0.497 e. The molecule has 0 aliphatic carbocycles. The Labute approximate surface area is 159 Å². The Hall–Kier alpha value is -2.89. The lowest BCUT2D eigenvalue weighted by Gasteiger charge is -2.18. The SMILES string of the molecule is COc1ccc(Cn2c(C)nc3cc(NC(=O)C(C)(C)C)c(C)nc32)cc1. The number of benzene rings is 1. The number of rotatable bonds is 4. The molecule has 3 aromatic rings. The lowest BCUT2D eigenvalue weighted by Crippen LogP contribution is -2.28. The number of carbonyl (C=O) groups excluding carboxylic acids is 1. The predicted octanol–water partition coefficient (Wildman–Crippen LogP) is 4.09. The first kappa shape index (κ1) is 18.9. The summed E-state index contributed by atoms with van der Waals surface area (Å²) in [5.41, 5.74) is 3.74. The van der Waals surface area contributed by atoms with E-state index in [1.54, 1.807) is 7.11 Å². The van der Waals surface area contributed by atoms with Crippen LogP contribution in [0.15, 0.2) is 30.3 Å². The molecule has 0 spiro atoms. The molecule has 0 unspecified atom stereocenters. The summed E-state index contributed by atoms with van der Waals surface area (Å²) in [4.78, 5) is 21.7. The van der Waals surface area contributed by atoms with Gasteiger partial charge in [0.15, 0.2) is 5.65 Å². The minimum Gasteiger partial charge on any atom is -0.497 e. The lowest BCUT2D eigenvalue weighted by molar-refractivity contribution is -0.123. The van der Waals surface area contributed by atoms with Crippen LogP contribution in [-0.4, -0.2) is 27.6 Å². The molecule has 27 heavy (non-hydrogen) atoms. The number of methoxy groups -OCH3 is 1. The van der Waals surface area contributed by atoms with Crippen molar-refractivity contribution in [3.05, 3.63) is 47.4 Å². The van der Waals surface area contributed by atoms with E-state index < -0.39 is 5.41 Å². The summed E-state index contributed by atoms with van der Waals surface area (Å²) in [5.74, 6) is 1.67. The first-order valence-corrected chi connectivity index (χ1v) is 8.98. The summed E-state index contributed by atoms with van der Waals surface area (Å²) in [5, 5.41) is 2.97. The number of amides is 1. The minimum atomic E-state index is -0.467. The van der Waals surface area contributed by atoms with Crippen LogP contribution in [0.25, 0.3) is 11.2 Å². The van der Waals surface area contributed by atoms with Gasteiger partial charge in [-0.25, -0.2) is 9.97 Å². The van der Waals surface area contributed by atoms with Gasteiger partial charge < -0.3 is 14.6 Å². The van der Waals surface area contributed by atoms with Gasteiger partial charge in [-0.05, 0) is 37.6 Å². The quantitative estimate of drug-likeness (QED) is 0.755. The minimum absolute atomic E-state index is 0.0406. The highest BCUT2D eigenvalue weighted by molar-refractivity contribution is 5.96. The number of pyridine rings is 1. The van der Waals surface area contributed by atoms with Gasteiger partial charge in [0.1, 0.15) is 17.1 Å². The Kier molecular flexibility index (Phi) is 4.91. The first-order valence-electron chi connectivity index (χ1n) is 8.98. The van der Waals surface area contributed by atoms with Gasteiger partial charge in [-0.2, -0.15) is 0 Å². The highest BCUT2D eigenvalue weighted by Crippen LogP contribution is 2.25. The van der Waals surface area contributed by atoms with Gasteiger partial charge in [-0.15, -0.1) is 0 Å². The van der Waals surface area contributed by atoms with Crippen molar-refractivity contribution < 1.29 is 9.53 Å². The topological polar surface area (TPSA) is 69.0 Å². The number of nitrogens with one attached hydrogen (secondary N) is 1. The molecule has 2 heterocycles. The van der Waals surface area contributed by atoms with Crippen LogP contribution in [0.3, 0.4) is 0 Å². The molecule has 1 aromatic carbocycles. The molecule has 0 aliphatic heterocycles. The second kappa shape index (κ2) is 7.02. The van der Waals surface area contributed by atoms with E-state index in [1.807, 2.05) is 65.0 Å². The van der Waals surface area contributed by atoms with Crippen molar-refractivity contribution >= 4 is 22.8 Å². The molecule has 6 heteroatoms. The average molecular weight is 366 g/mol. The summed E-state index contributed by atoms with van der Waals surface area (Å²) in [6.07, 6.45) is 0. The van der Waals surface area contributed by atoms with Crippen LogP contribution in [-0.2, 0) is 11.3 Å². The Bertz CT molecular complexity index is 982. The number of aromatic nitrogens is 3. The van der Waals surface area contributed by atoms with Crippen LogP contribution in [0.2, 0.25) is 0 Å². The maximum atomic E-state index is 12.3. The molecule has 0 saturated heterocycles. The third-order valence-corrected chi connectivity index (χ3v) is 4.53. The van der Waals surface area contributed by atoms with Crippen LogP contribution in [0.4, 0.5) is 5.69 Å². The van der Waals surface area contributed by atoms with E-state index in [9.17, 15) is 4.79 Å². The Morgan fingerprint density at radius 1 is 1.15 bits per heavy atom. The van der Waals surface area contributed by atoms with Crippen molar-refractivity contribution in [2.45, 2.75) is 41.2 Å². The van der Waals surface area contributed by atoms with E-state index in [0.717, 1.165) is 34.0 Å². The second-order valence-electron chi connectivity index (χ2n) is 7.76. The van der Waals surface area contributed by atoms with Gasteiger partial charge >= 0.3 is 0 Å². The van der Waals surface area contributed by atoms with Crippen molar-refractivity contribution in [3.63, 3.8) is 0 Å². The molecule has 1 N–H and O–H groups in total. The Morgan fingerprint density at radius 3 is 2.41 bits per heavy atom. The van der Waals surface area contributed by atoms with Crippen molar-refractivity contribution in [2.24, 2.45) is 5.41 Å². The monoisotopic (exact) mass is 366 g/mol. The maximum Gasteiger partial charge on any atom is 0.229 e. The van der Waals surface area contributed by atoms with E-state index in [2.05, 4.69) is 14.9 Å². The molecule has 0 bridgehead atoms. The second-order valence-corrected chi connectivity index (χ2v) is 7.76. The van der Waals surface area contributed by atoms with Gasteiger partial charge in [0, 0.05) is 5.41 Å². The van der Waals surface area contributed by atoms with Gasteiger partial charge in [0.25, 0.3) is 0 Å². The third kappa shape index (κ3) is 3.94. The van der Waals surface area contributed by atoms with Crippen molar-refractivity contribution in [1.82, 2.24) is 14.5 Å². The molecule has 2 aromatic heterocycles. The highest BCUT2D eigenvalue weighted by Gasteiger charge is 2.22. The van der Waals surface area contributed by atoms with Crippen molar-refractivity contribution in [2.75, 3.05) is 12.4 Å². The fourth-order valence-corrected chi connectivity index (χ4v) is 2.79. The zero-order valence-electron chi connectivity index (χ0n) is 16.8. The van der Waals surface area contributed by atoms with E-state index in [4.69, 9.17) is 9.72 Å². The zero-order chi connectivity index (χ0) is 19.8. The number of nitrogens with zero attached hydrogens (tertiary/aromatic N) is 3. The van der Waals surface area contributed by atoms with Crippen LogP contribution in [0.5, 0.6) is 5.75 Å². The number of hydrogen-bond donors (Lipinski definition) is 1. The Balaban J connectivity index is 1.95. The summed E-state index contributed by atoms with van der Waals surface area (Å²) in [7, 11) is 1.66. The smallest absolute Gasteiger partial charge is 0.229 e. The average Bonchev–Trinajstić information content (AvgIpc) is 2.90. The van der Waals surface area contributed by atoms with Crippen LogP contribution in [0.1, 0.15) is 37.9 Å². The van der Waals surface area contributed by atoms with Crippen LogP contribution in [0, 0.1) is 19.3 Å². The zero-order valence-corrected chi connectivity index (χ0v) is 16.8. The van der Waals surface area contributed by atoms with Gasteiger partial charge in [-0.3, -0.25) is 4.79 Å². The predicted molar refractivity (Wildman–Crippen MR) is 107 cm³/mol. The number of ether oxygens (including phenoxy) is 1. The fraction of sp³-hybridized carbons (Fsp3) is 0.381. The fourth-order valence-electron chi connectivity index (χ4n) is 2.79. The third-order valence-electron chi connectivity index (χ3n) is 4.53. The van der Waals surface area contributed by atoms with Crippen LogP contribution < -0.4 is 10.1 Å². The summed E-state index contributed by atoms with van der Waals surface area (Å²) in [6, 6.07) is 9.87. The molecule has 0 saturated carbocycles. The van der Waals surface area contributed by atoms with Crippen molar-refractivity contribution in [3.8, 4) is 5.75 Å². The molecule has 1 amide bonds. The molecule has 142 valence electrons. The van der Waals surface area contributed by atoms with E-state index >= 15 is 0 Å². The molecule has 0 radical (unpaired) electrons. The number of anilines is 1. The number of fused-ring (bicyclic) bond motifs is 1. The summed E-state index contributed by atoms with van der Waals surface area (Å²) in [6.45, 7) is 10.2. The normalized spacial score (nSPS) is 11.6. The van der Waals surface area contributed by atoms with E-state index in [0.29, 0.717) is 12.2 Å². The summed E-state index contributed by atoms with van der Waals surface area (Å²) >= 11 is 0. The number of hydrogen-bond acceptors (Lipinski definition) is 4. The van der Waals surface area contributed by atoms with Gasteiger partial charge in [0.05, 0.1) is 25.0 Å². The first-order chi connectivity index (χ1) is 12.7. The lowest BCUT2D eigenvalue weighted by atomic mass is 9.95. The standard InChI is InChI=1S/C21H26N4O2/c1-13-17(24-20(26)21(3,4)5)11-18-19(22-13)25(14(2)23-18)12-15-7-9-16(27-6)10-8-15/h7-11H,12H2,1-6H3,(H,24,26). The number of carbonyl (C=O) groups is 1. The summed E-state index contributed by atoms with van der Waals surface area (Å²) < 4.78 is 7.30. The molecule has 0 fully saturated rings. The van der Waals surface area contributed by atoms with Gasteiger partial charge in [-0.1, -0.05) is 32.9 Å². The highest BCUT2D eigenvalue weighted by atomic mass is 16.5. The van der Waals surface area contributed by atoms with Gasteiger partial charge in [0.2, 0.25) is 5.91 Å². The van der Waals surface area contributed by atoms with Crippen molar-refractivity contribution in [1.29, 1.82) is 0 Å². The van der Waals surface area contributed by atoms with E-state index in [1.165, 1.54) is 0 Å². The molecule has 0 atom stereocenters. The molecule has 3 rings (SSSR count). The molecular formula is C21H26N4O2. The van der Waals surface area contributed by atoms with E-state index in [-0.39, 0.29) is 5.91 Å². The molecular weight excluding hydrogens is 340 g/mol. The molecule has 0 aliphatic rings. The number of aryl methyl sites for hydroxylation is 2. The Morgan fingerprint density at radius 2 is 1.81 bits per heavy atom. The maximum absolute atomic E-state index is 12.3. The number of imidazole rings is 1. The van der Waals surface area contributed by atoms with Crippen LogP contribution >= 0.6 is 0 Å². The molecule has 6 nitrogen and oxygen atoms in total.